The van der Waals surface area contributed by atoms with E-state index in [4.69, 9.17) is 0 Å². The number of hydrogen-bond donors (Lipinski definition) is 1. The summed E-state index contributed by atoms with van der Waals surface area (Å²) in [5.74, 6) is 0. The average Bonchev–Trinajstić information content (AvgIpc) is 2.28. The molecule has 0 saturated carbocycles. The van der Waals surface area contributed by atoms with Gasteiger partial charge in [-0.3, -0.25) is 4.99 Å². The molecule has 2 heteroatoms. The Morgan fingerprint density at radius 1 is 1.27 bits per heavy atom. The first kappa shape index (κ1) is 6.55. The maximum atomic E-state index is 4.30. The summed E-state index contributed by atoms with van der Waals surface area (Å²) in [6, 6.07) is 8.20. The van der Waals surface area contributed by atoms with Gasteiger partial charge in [0.2, 0.25) is 0 Å². The molecule has 1 aliphatic rings. The van der Waals surface area contributed by atoms with E-state index >= 15 is 0 Å². The quantitative estimate of drug-likeness (QED) is 0.589. The molecule has 0 spiro atoms. The number of benzene rings is 1. The first-order valence-corrected chi connectivity index (χ1v) is 3.78. The summed E-state index contributed by atoms with van der Waals surface area (Å²) >= 11 is 0. The smallest absolute Gasteiger partial charge is 0.0671 e. The summed E-state index contributed by atoms with van der Waals surface area (Å²) in [5, 5.41) is 3.25. The SMILES string of the molecule is C1=Nc2ccccc2CNC1. The van der Waals surface area contributed by atoms with Gasteiger partial charge in [0.15, 0.2) is 0 Å². The zero-order valence-electron chi connectivity index (χ0n) is 6.25. The van der Waals surface area contributed by atoms with Crippen molar-refractivity contribution in [2.75, 3.05) is 6.54 Å². The van der Waals surface area contributed by atoms with Crippen molar-refractivity contribution in [3.05, 3.63) is 29.8 Å². The number of nitrogens with zero attached hydrogens (tertiary/aromatic N) is 1. The van der Waals surface area contributed by atoms with Crippen LogP contribution in [0.4, 0.5) is 5.69 Å². The fourth-order valence-electron chi connectivity index (χ4n) is 1.20. The fraction of sp³-hybridized carbons (Fsp3) is 0.222. The Kier molecular flexibility index (Phi) is 1.69. The second kappa shape index (κ2) is 2.84. The lowest BCUT2D eigenvalue weighted by Crippen LogP contribution is -2.13. The molecule has 0 unspecified atom stereocenters. The Hall–Kier alpha value is -1.15. The number of rotatable bonds is 0. The molecule has 1 aromatic rings. The van der Waals surface area contributed by atoms with E-state index in [0.29, 0.717) is 0 Å². The number of aliphatic imine (C=N–C) groups is 1. The lowest BCUT2D eigenvalue weighted by molar-refractivity contribution is 0.790. The van der Waals surface area contributed by atoms with Crippen molar-refractivity contribution in [2.45, 2.75) is 6.54 Å². The Morgan fingerprint density at radius 2 is 2.18 bits per heavy atom. The van der Waals surface area contributed by atoms with Gasteiger partial charge in [0, 0.05) is 19.3 Å². The molecule has 1 N–H and O–H groups in total. The van der Waals surface area contributed by atoms with E-state index in [1.807, 2.05) is 24.4 Å². The Labute approximate surface area is 66.0 Å². The highest BCUT2D eigenvalue weighted by atomic mass is 14.9. The molecule has 1 aromatic carbocycles. The molecule has 0 saturated heterocycles. The molecule has 0 atom stereocenters. The van der Waals surface area contributed by atoms with Gasteiger partial charge in [-0.2, -0.15) is 0 Å². The van der Waals surface area contributed by atoms with Gasteiger partial charge < -0.3 is 5.32 Å². The van der Waals surface area contributed by atoms with Crippen molar-refractivity contribution in [1.82, 2.24) is 5.32 Å². The third kappa shape index (κ3) is 1.30. The third-order valence-corrected chi connectivity index (χ3v) is 1.77. The maximum absolute atomic E-state index is 4.30. The van der Waals surface area contributed by atoms with Gasteiger partial charge in [-0.1, -0.05) is 18.2 Å². The van der Waals surface area contributed by atoms with Crippen molar-refractivity contribution in [2.24, 2.45) is 4.99 Å². The van der Waals surface area contributed by atoms with Crippen LogP contribution in [-0.4, -0.2) is 12.8 Å². The Balaban J connectivity index is 2.45. The minimum Gasteiger partial charge on any atom is -0.308 e. The van der Waals surface area contributed by atoms with Gasteiger partial charge in [-0.25, -0.2) is 0 Å². The van der Waals surface area contributed by atoms with Gasteiger partial charge in [-0.05, 0) is 11.6 Å². The van der Waals surface area contributed by atoms with Crippen LogP contribution in [0.25, 0.3) is 0 Å². The number of fused-ring (bicyclic) bond motifs is 1. The van der Waals surface area contributed by atoms with Crippen molar-refractivity contribution in [1.29, 1.82) is 0 Å². The highest BCUT2D eigenvalue weighted by Crippen LogP contribution is 2.18. The molecule has 1 aliphatic heterocycles. The largest absolute Gasteiger partial charge is 0.308 e. The van der Waals surface area contributed by atoms with Crippen LogP contribution in [0, 0.1) is 0 Å². The lowest BCUT2D eigenvalue weighted by atomic mass is 10.2. The van der Waals surface area contributed by atoms with Crippen molar-refractivity contribution in [3.8, 4) is 0 Å². The van der Waals surface area contributed by atoms with Crippen molar-refractivity contribution >= 4 is 11.9 Å². The molecule has 56 valence electrons. The lowest BCUT2D eigenvalue weighted by Gasteiger charge is -2.00. The predicted molar refractivity (Wildman–Crippen MR) is 46.3 cm³/mol. The molecule has 0 amide bonds. The molecular formula is C9H10N2. The van der Waals surface area contributed by atoms with Crippen molar-refractivity contribution < 1.29 is 0 Å². The third-order valence-electron chi connectivity index (χ3n) is 1.77. The summed E-state index contributed by atoms with van der Waals surface area (Å²) < 4.78 is 0. The normalized spacial score (nSPS) is 15.6. The summed E-state index contributed by atoms with van der Waals surface area (Å²) in [7, 11) is 0. The fourth-order valence-corrected chi connectivity index (χ4v) is 1.20. The van der Waals surface area contributed by atoms with Crippen LogP contribution in [-0.2, 0) is 6.54 Å². The molecule has 2 rings (SSSR count). The minimum atomic E-state index is 0.870. The van der Waals surface area contributed by atoms with Crippen LogP contribution in [0.1, 0.15) is 5.56 Å². The second-order valence-electron chi connectivity index (χ2n) is 2.57. The Morgan fingerprint density at radius 3 is 3.18 bits per heavy atom. The van der Waals surface area contributed by atoms with E-state index in [2.05, 4.69) is 16.4 Å². The Bertz CT molecular complexity index is 279. The van der Waals surface area contributed by atoms with E-state index < -0.39 is 0 Å². The molecule has 11 heavy (non-hydrogen) atoms. The minimum absolute atomic E-state index is 0.870. The summed E-state index contributed by atoms with van der Waals surface area (Å²) in [6.45, 7) is 1.80. The topological polar surface area (TPSA) is 24.4 Å². The van der Waals surface area contributed by atoms with Gasteiger partial charge in [-0.15, -0.1) is 0 Å². The first-order valence-electron chi connectivity index (χ1n) is 3.78. The van der Waals surface area contributed by atoms with Gasteiger partial charge in [0.1, 0.15) is 0 Å². The summed E-state index contributed by atoms with van der Waals surface area (Å²) in [5.41, 5.74) is 2.37. The highest BCUT2D eigenvalue weighted by molar-refractivity contribution is 5.67. The zero-order valence-corrected chi connectivity index (χ0v) is 6.25. The van der Waals surface area contributed by atoms with E-state index in [1.54, 1.807) is 0 Å². The molecule has 1 heterocycles. The summed E-state index contributed by atoms with van der Waals surface area (Å²) in [6.07, 6.45) is 1.91. The second-order valence-corrected chi connectivity index (χ2v) is 2.57. The molecular weight excluding hydrogens is 136 g/mol. The molecule has 0 bridgehead atoms. The van der Waals surface area contributed by atoms with E-state index in [1.165, 1.54) is 5.56 Å². The van der Waals surface area contributed by atoms with Crippen LogP contribution in [0.5, 0.6) is 0 Å². The number of nitrogens with one attached hydrogen (secondary N) is 1. The molecule has 0 aliphatic carbocycles. The monoisotopic (exact) mass is 146 g/mol. The number of hydrogen-bond acceptors (Lipinski definition) is 2. The van der Waals surface area contributed by atoms with E-state index in [0.717, 1.165) is 18.8 Å². The molecule has 2 nitrogen and oxygen atoms in total. The van der Waals surface area contributed by atoms with Crippen LogP contribution in [0.3, 0.4) is 0 Å². The van der Waals surface area contributed by atoms with Crippen LogP contribution in [0.15, 0.2) is 29.3 Å². The average molecular weight is 146 g/mol. The highest BCUT2D eigenvalue weighted by Gasteiger charge is 2.00. The zero-order chi connectivity index (χ0) is 7.52. The van der Waals surface area contributed by atoms with E-state index in [9.17, 15) is 0 Å². The molecule has 0 radical (unpaired) electrons. The van der Waals surface area contributed by atoms with Gasteiger partial charge in [0.05, 0.1) is 5.69 Å². The molecule has 0 fully saturated rings. The number of para-hydroxylation sites is 1. The molecule has 0 aromatic heterocycles. The van der Waals surface area contributed by atoms with E-state index in [-0.39, 0.29) is 0 Å². The first-order chi connectivity index (χ1) is 5.47. The van der Waals surface area contributed by atoms with Crippen LogP contribution < -0.4 is 5.32 Å². The van der Waals surface area contributed by atoms with Crippen LogP contribution >= 0.6 is 0 Å². The van der Waals surface area contributed by atoms with Gasteiger partial charge >= 0.3 is 0 Å². The van der Waals surface area contributed by atoms with Gasteiger partial charge in [0.25, 0.3) is 0 Å². The maximum Gasteiger partial charge on any atom is 0.0671 e. The van der Waals surface area contributed by atoms with Crippen LogP contribution in [0.2, 0.25) is 0 Å². The predicted octanol–water partition coefficient (Wildman–Crippen LogP) is 1.49. The standard InChI is InChI=1S/C9H10N2/c1-2-4-9-8(3-1)7-10-5-6-11-9/h1-4,6,10H,5,7H2. The van der Waals surface area contributed by atoms with Crippen molar-refractivity contribution in [3.63, 3.8) is 0 Å². The summed E-state index contributed by atoms with van der Waals surface area (Å²) in [4.78, 5) is 4.30.